The highest BCUT2D eigenvalue weighted by atomic mass is 16.5. The van der Waals surface area contributed by atoms with Crippen molar-refractivity contribution in [1.29, 1.82) is 0 Å². The predicted molar refractivity (Wildman–Crippen MR) is 99.3 cm³/mol. The topological polar surface area (TPSA) is 36.0 Å². The standard InChI is InChI=1S/C20H31N3O2/c1-21(2)20(24)15-22-12-18-8-9-19(14-22)23(13-18)10-11-25-16-17-6-4-3-5-7-17/h3-7,18-19H,8-16H2,1-2H3/t18-,19+/m1/s1. The molecule has 0 unspecified atom stereocenters. The second-order valence-corrected chi connectivity index (χ2v) is 7.61. The van der Waals surface area contributed by atoms with E-state index in [0.717, 1.165) is 32.8 Å². The van der Waals surface area contributed by atoms with E-state index in [9.17, 15) is 4.79 Å². The highest BCUT2D eigenvalue weighted by Gasteiger charge is 2.35. The summed E-state index contributed by atoms with van der Waals surface area (Å²) in [5.41, 5.74) is 1.23. The Morgan fingerprint density at radius 1 is 1.16 bits per heavy atom. The van der Waals surface area contributed by atoms with E-state index in [0.29, 0.717) is 25.1 Å². The van der Waals surface area contributed by atoms with Gasteiger partial charge in [-0.15, -0.1) is 0 Å². The highest BCUT2D eigenvalue weighted by molar-refractivity contribution is 5.77. The van der Waals surface area contributed by atoms with Crippen LogP contribution in [0.25, 0.3) is 0 Å². The number of benzene rings is 1. The van der Waals surface area contributed by atoms with Gasteiger partial charge >= 0.3 is 0 Å². The van der Waals surface area contributed by atoms with Crippen LogP contribution in [0.2, 0.25) is 0 Å². The molecule has 25 heavy (non-hydrogen) atoms. The van der Waals surface area contributed by atoms with Crippen molar-refractivity contribution in [1.82, 2.24) is 14.7 Å². The van der Waals surface area contributed by atoms with Crippen LogP contribution in [-0.4, -0.2) is 80.1 Å². The van der Waals surface area contributed by atoms with Crippen molar-refractivity contribution in [3.63, 3.8) is 0 Å². The molecule has 5 heteroatoms. The average Bonchev–Trinajstić information content (AvgIpc) is 2.90. The van der Waals surface area contributed by atoms with Crippen LogP contribution in [0.4, 0.5) is 0 Å². The zero-order chi connectivity index (χ0) is 17.6. The summed E-state index contributed by atoms with van der Waals surface area (Å²) in [5.74, 6) is 0.891. The summed E-state index contributed by atoms with van der Waals surface area (Å²) in [6, 6.07) is 10.9. The van der Waals surface area contributed by atoms with Crippen LogP contribution in [0.5, 0.6) is 0 Å². The van der Waals surface area contributed by atoms with Crippen LogP contribution < -0.4 is 0 Å². The van der Waals surface area contributed by atoms with Crippen LogP contribution in [0.3, 0.4) is 0 Å². The van der Waals surface area contributed by atoms with Gasteiger partial charge in [0, 0.05) is 46.3 Å². The molecule has 1 aromatic rings. The van der Waals surface area contributed by atoms with Crippen molar-refractivity contribution in [3.05, 3.63) is 35.9 Å². The summed E-state index contributed by atoms with van der Waals surface area (Å²) in [5, 5.41) is 0. The molecular formula is C20H31N3O2. The van der Waals surface area contributed by atoms with E-state index < -0.39 is 0 Å². The van der Waals surface area contributed by atoms with Gasteiger partial charge in [0.25, 0.3) is 0 Å². The maximum absolute atomic E-state index is 12.0. The maximum atomic E-state index is 12.0. The molecule has 0 aliphatic carbocycles. The summed E-state index contributed by atoms with van der Waals surface area (Å²) >= 11 is 0. The first-order valence-corrected chi connectivity index (χ1v) is 9.40. The summed E-state index contributed by atoms with van der Waals surface area (Å²) in [7, 11) is 3.68. The molecule has 0 radical (unpaired) electrons. The third-order valence-electron chi connectivity index (χ3n) is 5.39. The van der Waals surface area contributed by atoms with Gasteiger partial charge < -0.3 is 9.64 Å². The molecular weight excluding hydrogens is 314 g/mol. The Hall–Kier alpha value is -1.43. The number of carbonyl (C=O) groups excluding carboxylic acids is 1. The number of nitrogens with zero attached hydrogens (tertiary/aromatic N) is 3. The van der Waals surface area contributed by atoms with E-state index in [-0.39, 0.29) is 5.91 Å². The number of ether oxygens (including phenoxy) is 1. The Morgan fingerprint density at radius 2 is 1.96 bits per heavy atom. The SMILES string of the molecule is CN(C)C(=O)CN1C[C@H]2CC[C@@H](C1)N(CCOCc1ccccc1)C2. The second kappa shape index (κ2) is 8.79. The molecule has 1 amide bonds. The fraction of sp³-hybridized carbons (Fsp3) is 0.650. The zero-order valence-electron chi connectivity index (χ0n) is 15.6. The van der Waals surface area contributed by atoms with Gasteiger partial charge in [-0.25, -0.2) is 0 Å². The van der Waals surface area contributed by atoms with Crippen LogP contribution in [0, 0.1) is 5.92 Å². The van der Waals surface area contributed by atoms with E-state index in [2.05, 4.69) is 34.1 Å². The smallest absolute Gasteiger partial charge is 0.236 e. The molecule has 2 atom stereocenters. The molecule has 3 saturated heterocycles. The number of likely N-dealkylation sites (N-methyl/N-ethyl adjacent to an activating group) is 1. The lowest BCUT2D eigenvalue weighted by atomic mass is 9.95. The first-order chi connectivity index (χ1) is 12.1. The molecule has 138 valence electrons. The highest BCUT2D eigenvalue weighted by Crippen LogP contribution is 2.27. The van der Waals surface area contributed by atoms with Crippen molar-refractivity contribution in [2.75, 3.05) is 53.4 Å². The largest absolute Gasteiger partial charge is 0.375 e. The lowest BCUT2D eigenvalue weighted by molar-refractivity contribution is -0.130. The number of piperidine rings is 1. The molecule has 3 heterocycles. The predicted octanol–water partition coefficient (Wildman–Crippen LogP) is 1.69. The minimum Gasteiger partial charge on any atom is -0.375 e. The number of rotatable bonds is 7. The van der Waals surface area contributed by atoms with E-state index in [4.69, 9.17) is 4.74 Å². The Morgan fingerprint density at radius 3 is 2.72 bits per heavy atom. The summed E-state index contributed by atoms with van der Waals surface area (Å²) in [4.78, 5) is 18.7. The molecule has 0 saturated carbocycles. The molecule has 2 bridgehead atoms. The number of hydrogen-bond donors (Lipinski definition) is 0. The summed E-state index contributed by atoms with van der Waals surface area (Å²) in [6.45, 7) is 6.21. The lowest BCUT2D eigenvalue weighted by Gasteiger charge is -2.36. The first kappa shape index (κ1) is 18.4. The molecule has 0 spiro atoms. The van der Waals surface area contributed by atoms with Crippen LogP contribution in [-0.2, 0) is 16.1 Å². The normalized spacial score (nSPS) is 24.2. The van der Waals surface area contributed by atoms with E-state index in [1.165, 1.54) is 18.4 Å². The van der Waals surface area contributed by atoms with E-state index in [1.54, 1.807) is 4.90 Å². The monoisotopic (exact) mass is 345 g/mol. The molecule has 5 nitrogen and oxygen atoms in total. The van der Waals surface area contributed by atoms with Gasteiger partial charge in [-0.2, -0.15) is 0 Å². The van der Waals surface area contributed by atoms with Crippen LogP contribution in [0.1, 0.15) is 18.4 Å². The first-order valence-electron chi connectivity index (χ1n) is 9.40. The maximum Gasteiger partial charge on any atom is 0.236 e. The van der Waals surface area contributed by atoms with Crippen molar-refractivity contribution in [2.45, 2.75) is 25.5 Å². The zero-order valence-corrected chi connectivity index (χ0v) is 15.6. The Balaban J connectivity index is 1.45. The second-order valence-electron chi connectivity index (χ2n) is 7.61. The van der Waals surface area contributed by atoms with Crippen LogP contribution >= 0.6 is 0 Å². The Bertz CT molecular complexity index is 549. The van der Waals surface area contributed by atoms with Crippen molar-refractivity contribution in [2.24, 2.45) is 5.92 Å². The number of fused-ring (bicyclic) bond motifs is 4. The minimum absolute atomic E-state index is 0.207. The van der Waals surface area contributed by atoms with Gasteiger partial charge in [0.05, 0.1) is 19.8 Å². The third kappa shape index (κ3) is 5.27. The van der Waals surface area contributed by atoms with Crippen molar-refractivity contribution < 1.29 is 9.53 Å². The third-order valence-corrected chi connectivity index (χ3v) is 5.39. The van der Waals surface area contributed by atoms with Gasteiger partial charge in [0.1, 0.15) is 0 Å². The Labute approximate surface area is 151 Å². The number of hydrogen-bond acceptors (Lipinski definition) is 4. The molecule has 0 N–H and O–H groups in total. The molecule has 4 rings (SSSR count). The van der Waals surface area contributed by atoms with Gasteiger partial charge in [0.2, 0.25) is 5.91 Å². The molecule has 3 fully saturated rings. The molecule has 3 aliphatic heterocycles. The fourth-order valence-electron chi connectivity index (χ4n) is 3.96. The molecule has 3 aliphatic rings. The quantitative estimate of drug-likeness (QED) is 0.705. The lowest BCUT2D eigenvalue weighted by Crippen LogP contribution is -2.46. The molecule has 0 aromatic heterocycles. The fourth-order valence-corrected chi connectivity index (χ4v) is 3.96. The number of amides is 1. The Kier molecular flexibility index (Phi) is 6.45. The summed E-state index contributed by atoms with van der Waals surface area (Å²) in [6.07, 6.45) is 2.54. The average molecular weight is 345 g/mol. The van der Waals surface area contributed by atoms with Crippen molar-refractivity contribution >= 4 is 5.91 Å². The van der Waals surface area contributed by atoms with Crippen LogP contribution in [0.15, 0.2) is 30.3 Å². The van der Waals surface area contributed by atoms with Gasteiger partial charge in [0.15, 0.2) is 0 Å². The van der Waals surface area contributed by atoms with E-state index >= 15 is 0 Å². The van der Waals surface area contributed by atoms with Gasteiger partial charge in [-0.3, -0.25) is 14.6 Å². The van der Waals surface area contributed by atoms with E-state index in [1.807, 2.05) is 20.2 Å². The van der Waals surface area contributed by atoms with Gasteiger partial charge in [-0.1, -0.05) is 30.3 Å². The molecule has 1 aromatic carbocycles. The summed E-state index contributed by atoms with van der Waals surface area (Å²) < 4.78 is 5.88. The van der Waals surface area contributed by atoms with Crippen molar-refractivity contribution in [3.8, 4) is 0 Å². The van der Waals surface area contributed by atoms with Gasteiger partial charge in [-0.05, 0) is 24.3 Å². The number of carbonyl (C=O) groups is 1. The minimum atomic E-state index is 0.207.